The Kier molecular flexibility index (Phi) is 9.88. The van der Waals surface area contributed by atoms with Crippen LogP contribution in [0.15, 0.2) is 89.8 Å². The number of sulfonamides is 1. The van der Waals surface area contributed by atoms with Crippen LogP contribution in [-0.2, 0) is 21.2 Å². The lowest BCUT2D eigenvalue weighted by Gasteiger charge is -2.28. The Hall–Kier alpha value is -3.62. The zero-order valence-electron chi connectivity index (χ0n) is 21.0. The Morgan fingerprint density at radius 3 is 2.41 bits per heavy atom. The van der Waals surface area contributed by atoms with Gasteiger partial charge in [0.15, 0.2) is 0 Å². The molecule has 0 aliphatic heterocycles. The number of aliphatic hydroxyl groups excluding tert-OH is 1. The average molecular weight is 524 g/mol. The molecule has 196 valence electrons. The summed E-state index contributed by atoms with van der Waals surface area (Å²) < 4.78 is 33.8. The lowest BCUT2D eigenvalue weighted by atomic mass is 10.1. The molecule has 0 aromatic heterocycles. The van der Waals surface area contributed by atoms with Gasteiger partial charge < -0.3 is 14.9 Å². The molecule has 0 fully saturated rings. The summed E-state index contributed by atoms with van der Waals surface area (Å²) in [5.74, 6) is -0.255. The highest BCUT2D eigenvalue weighted by Crippen LogP contribution is 2.27. The Labute approximate surface area is 218 Å². The van der Waals surface area contributed by atoms with Crippen molar-refractivity contribution in [2.24, 2.45) is 0 Å². The number of carboxylic acids is 1. The Morgan fingerprint density at radius 1 is 1.00 bits per heavy atom. The van der Waals surface area contributed by atoms with Crippen LogP contribution in [0.3, 0.4) is 0 Å². The third-order valence-corrected chi connectivity index (χ3v) is 7.67. The first-order valence-electron chi connectivity index (χ1n) is 12.2. The molecular formula is C29H33NO6S. The molecule has 2 N–H and O–H groups in total. The topological polar surface area (TPSA) is 104 Å². The van der Waals surface area contributed by atoms with Crippen LogP contribution in [0.1, 0.15) is 37.8 Å². The molecular weight excluding hydrogens is 490 g/mol. The van der Waals surface area contributed by atoms with E-state index < -0.39 is 22.1 Å². The normalized spacial score (nSPS) is 12.5. The fourth-order valence-electron chi connectivity index (χ4n) is 3.89. The fourth-order valence-corrected chi connectivity index (χ4v) is 5.56. The van der Waals surface area contributed by atoms with Crippen molar-refractivity contribution in [2.75, 3.05) is 10.9 Å². The van der Waals surface area contributed by atoms with Crippen LogP contribution < -0.4 is 9.04 Å². The summed E-state index contributed by atoms with van der Waals surface area (Å²) in [5.41, 5.74) is 2.11. The Balaban J connectivity index is 1.65. The zero-order chi connectivity index (χ0) is 26.8. The minimum atomic E-state index is -3.74. The number of aliphatic carboxylic acids is 1. The smallest absolute Gasteiger partial charge is 0.303 e. The maximum absolute atomic E-state index is 13.3. The van der Waals surface area contributed by atoms with Gasteiger partial charge in [-0.15, -0.1) is 0 Å². The largest absolute Gasteiger partial charge is 0.493 e. The number of nitrogens with zero attached hydrogens (tertiary/aromatic N) is 1. The summed E-state index contributed by atoms with van der Waals surface area (Å²) in [4.78, 5) is 11.1. The first-order valence-corrected chi connectivity index (χ1v) is 13.6. The van der Waals surface area contributed by atoms with Crippen molar-refractivity contribution in [2.45, 2.75) is 50.2 Å². The van der Waals surface area contributed by atoms with E-state index in [0.717, 1.165) is 11.1 Å². The third-order valence-electron chi connectivity index (χ3n) is 5.66. The van der Waals surface area contributed by atoms with E-state index in [-0.39, 0.29) is 24.0 Å². The first kappa shape index (κ1) is 28.0. The second-order valence-electron chi connectivity index (χ2n) is 8.87. The van der Waals surface area contributed by atoms with Crippen molar-refractivity contribution < 1.29 is 28.2 Å². The second kappa shape index (κ2) is 13.1. The van der Waals surface area contributed by atoms with Gasteiger partial charge in [-0.1, -0.05) is 60.7 Å². The number of carboxylic acid groups (broad SMARTS) is 1. The summed E-state index contributed by atoms with van der Waals surface area (Å²) in [6.07, 6.45) is 3.35. The molecule has 3 aromatic rings. The van der Waals surface area contributed by atoms with E-state index in [4.69, 9.17) is 9.84 Å². The zero-order valence-corrected chi connectivity index (χ0v) is 21.8. The predicted octanol–water partition coefficient (Wildman–Crippen LogP) is 5.15. The molecule has 0 bridgehead atoms. The Morgan fingerprint density at radius 2 is 1.70 bits per heavy atom. The number of anilines is 1. The van der Waals surface area contributed by atoms with Crippen LogP contribution >= 0.6 is 0 Å². The van der Waals surface area contributed by atoms with Crippen molar-refractivity contribution in [3.8, 4) is 5.75 Å². The van der Waals surface area contributed by atoms with Gasteiger partial charge >= 0.3 is 5.97 Å². The molecule has 1 unspecified atom stereocenters. The SMILES string of the molecule is CC(C)N(c1cccc(/C=C/C(O)CCOc2ccccc2CCC(=O)O)c1)S(=O)(=O)c1ccccc1. The van der Waals surface area contributed by atoms with Crippen LogP contribution in [0.5, 0.6) is 5.75 Å². The van der Waals surface area contributed by atoms with Gasteiger partial charge in [0, 0.05) is 18.9 Å². The minimum absolute atomic E-state index is 0.0195. The van der Waals surface area contributed by atoms with E-state index in [2.05, 4.69) is 0 Å². The van der Waals surface area contributed by atoms with Gasteiger partial charge in [0.25, 0.3) is 10.0 Å². The maximum Gasteiger partial charge on any atom is 0.303 e. The van der Waals surface area contributed by atoms with E-state index in [9.17, 15) is 18.3 Å². The molecule has 7 nitrogen and oxygen atoms in total. The number of ether oxygens (including phenoxy) is 1. The molecule has 3 rings (SSSR count). The summed E-state index contributed by atoms with van der Waals surface area (Å²) in [6.45, 7) is 3.91. The highest BCUT2D eigenvalue weighted by molar-refractivity contribution is 7.92. The number of hydrogen-bond donors (Lipinski definition) is 2. The Bertz CT molecular complexity index is 1300. The predicted molar refractivity (Wildman–Crippen MR) is 145 cm³/mol. The monoisotopic (exact) mass is 523 g/mol. The van der Waals surface area contributed by atoms with Gasteiger partial charge in [-0.3, -0.25) is 9.10 Å². The van der Waals surface area contributed by atoms with E-state index in [1.54, 1.807) is 66.7 Å². The second-order valence-corrected chi connectivity index (χ2v) is 10.7. The third kappa shape index (κ3) is 7.93. The summed E-state index contributed by atoms with van der Waals surface area (Å²) in [5, 5.41) is 19.3. The molecule has 0 aliphatic carbocycles. The number of rotatable bonds is 13. The van der Waals surface area contributed by atoms with Crippen LogP contribution in [0.4, 0.5) is 5.69 Å². The molecule has 0 radical (unpaired) electrons. The lowest BCUT2D eigenvalue weighted by Crippen LogP contribution is -2.37. The quantitative estimate of drug-likeness (QED) is 0.321. The molecule has 0 saturated carbocycles. The first-order chi connectivity index (χ1) is 17.7. The molecule has 0 saturated heterocycles. The highest BCUT2D eigenvalue weighted by Gasteiger charge is 2.27. The van der Waals surface area contributed by atoms with Crippen molar-refractivity contribution in [3.63, 3.8) is 0 Å². The number of aryl methyl sites for hydroxylation is 1. The molecule has 0 spiro atoms. The average Bonchev–Trinajstić information content (AvgIpc) is 2.87. The van der Waals surface area contributed by atoms with Crippen LogP contribution in [0.25, 0.3) is 6.08 Å². The molecule has 0 aliphatic rings. The number of para-hydroxylation sites is 1. The van der Waals surface area contributed by atoms with Gasteiger partial charge in [-0.25, -0.2) is 8.42 Å². The molecule has 0 amide bonds. The van der Waals surface area contributed by atoms with Crippen molar-refractivity contribution in [1.29, 1.82) is 0 Å². The summed E-state index contributed by atoms with van der Waals surface area (Å²) in [7, 11) is -3.74. The highest BCUT2D eigenvalue weighted by atomic mass is 32.2. The number of hydrogen-bond acceptors (Lipinski definition) is 5. The van der Waals surface area contributed by atoms with E-state index in [0.29, 0.717) is 24.3 Å². The van der Waals surface area contributed by atoms with Gasteiger partial charge in [0.05, 0.1) is 23.3 Å². The van der Waals surface area contributed by atoms with Crippen LogP contribution in [0.2, 0.25) is 0 Å². The minimum Gasteiger partial charge on any atom is -0.493 e. The molecule has 3 aromatic carbocycles. The summed E-state index contributed by atoms with van der Waals surface area (Å²) >= 11 is 0. The maximum atomic E-state index is 13.3. The van der Waals surface area contributed by atoms with Crippen molar-refractivity contribution in [3.05, 3.63) is 96.1 Å². The van der Waals surface area contributed by atoms with E-state index >= 15 is 0 Å². The number of benzene rings is 3. The van der Waals surface area contributed by atoms with Crippen molar-refractivity contribution >= 4 is 27.8 Å². The van der Waals surface area contributed by atoms with Gasteiger partial charge in [-0.2, -0.15) is 0 Å². The molecule has 37 heavy (non-hydrogen) atoms. The standard InChI is InChI=1S/C29H33NO6S/c1-22(2)30(37(34,35)27-12-4-3-5-13-27)25-11-8-9-23(21-25)15-17-26(31)19-20-36-28-14-7-6-10-24(28)16-18-29(32)33/h3-15,17,21-22,26,31H,16,18-20H2,1-2H3,(H,32,33)/b17-15+. The van der Waals surface area contributed by atoms with Gasteiger partial charge in [0.1, 0.15) is 5.75 Å². The number of aliphatic hydroxyl groups is 1. The van der Waals surface area contributed by atoms with Crippen LogP contribution in [0, 0.1) is 0 Å². The molecule has 0 heterocycles. The number of carbonyl (C=O) groups is 1. The van der Waals surface area contributed by atoms with Crippen molar-refractivity contribution in [1.82, 2.24) is 0 Å². The molecule has 8 heteroatoms. The van der Waals surface area contributed by atoms with E-state index in [1.165, 1.54) is 4.31 Å². The summed E-state index contributed by atoms with van der Waals surface area (Å²) in [6, 6.07) is 22.5. The van der Waals surface area contributed by atoms with Crippen LogP contribution in [-0.4, -0.2) is 43.4 Å². The fraction of sp³-hybridized carbons (Fsp3) is 0.276. The van der Waals surface area contributed by atoms with Gasteiger partial charge in [-0.05, 0) is 61.7 Å². The molecule has 1 atom stereocenters. The lowest BCUT2D eigenvalue weighted by molar-refractivity contribution is -0.136. The van der Waals surface area contributed by atoms with Gasteiger partial charge in [0.2, 0.25) is 0 Å². The van der Waals surface area contributed by atoms with E-state index in [1.807, 2.05) is 38.1 Å².